The van der Waals surface area contributed by atoms with Crippen LogP contribution in [0.5, 0.6) is 5.75 Å². The van der Waals surface area contributed by atoms with Gasteiger partial charge in [-0.3, -0.25) is 4.79 Å². The Morgan fingerprint density at radius 2 is 1.76 bits per heavy atom. The molecular formula is C21H21N3O5. The van der Waals surface area contributed by atoms with Gasteiger partial charge in [0.15, 0.2) is 6.10 Å². The van der Waals surface area contributed by atoms with Gasteiger partial charge in [0.05, 0.1) is 12.7 Å². The van der Waals surface area contributed by atoms with Crippen molar-refractivity contribution in [3.8, 4) is 17.2 Å². The molecule has 29 heavy (non-hydrogen) atoms. The van der Waals surface area contributed by atoms with E-state index in [1.165, 1.54) is 6.92 Å². The largest absolute Gasteiger partial charge is 0.497 e. The summed E-state index contributed by atoms with van der Waals surface area (Å²) < 4.78 is 16.2. The summed E-state index contributed by atoms with van der Waals surface area (Å²) in [5, 5.41) is 10.7. The number of rotatable bonds is 7. The molecule has 3 rings (SSSR count). The topological polar surface area (TPSA) is 104 Å². The normalized spacial score (nSPS) is 11.6. The summed E-state index contributed by atoms with van der Waals surface area (Å²) in [6.07, 6.45) is -0.707. The Bertz CT molecular complexity index is 980. The van der Waals surface area contributed by atoms with E-state index in [0.29, 0.717) is 18.0 Å². The van der Waals surface area contributed by atoms with Crippen LogP contribution < -0.4 is 10.1 Å². The summed E-state index contributed by atoms with van der Waals surface area (Å²) in [5.74, 6) is 0.627. The number of amides is 1. The summed E-state index contributed by atoms with van der Waals surface area (Å²) in [4.78, 5) is 23.3. The summed E-state index contributed by atoms with van der Waals surface area (Å²) in [7, 11) is 1.59. The standard InChI is InChI=1S/C21H21N3O5/c1-13(19-23-24-20(29-19)16-8-10-18(27-3)11-9-16)28-21(26)17-6-4-15(5-7-17)12-22-14(2)25/h4-11,13H,12H2,1-3H3,(H,22,25)/t13-/m1/s1. The molecule has 0 saturated carbocycles. The fourth-order valence-electron chi connectivity index (χ4n) is 2.51. The van der Waals surface area contributed by atoms with Gasteiger partial charge >= 0.3 is 5.97 Å². The maximum Gasteiger partial charge on any atom is 0.338 e. The van der Waals surface area contributed by atoms with Crippen LogP contribution in [0, 0.1) is 0 Å². The van der Waals surface area contributed by atoms with Crippen LogP contribution in [0.3, 0.4) is 0 Å². The molecule has 1 N–H and O–H groups in total. The van der Waals surface area contributed by atoms with Crippen LogP contribution in [0.2, 0.25) is 0 Å². The molecule has 0 bridgehead atoms. The van der Waals surface area contributed by atoms with Gasteiger partial charge in [0, 0.05) is 19.0 Å². The Kier molecular flexibility index (Phi) is 6.23. The van der Waals surface area contributed by atoms with Crippen LogP contribution in [0.1, 0.15) is 41.8 Å². The zero-order chi connectivity index (χ0) is 20.8. The highest BCUT2D eigenvalue weighted by Crippen LogP contribution is 2.24. The van der Waals surface area contributed by atoms with Crippen molar-refractivity contribution in [3.63, 3.8) is 0 Å². The van der Waals surface area contributed by atoms with Crippen molar-refractivity contribution in [2.75, 3.05) is 7.11 Å². The van der Waals surface area contributed by atoms with Crippen LogP contribution in [-0.2, 0) is 16.1 Å². The van der Waals surface area contributed by atoms with Crippen molar-refractivity contribution in [3.05, 3.63) is 65.5 Å². The minimum absolute atomic E-state index is 0.115. The van der Waals surface area contributed by atoms with Crippen molar-refractivity contribution >= 4 is 11.9 Å². The molecule has 1 heterocycles. The molecule has 0 spiro atoms. The molecule has 0 aliphatic heterocycles. The van der Waals surface area contributed by atoms with E-state index in [-0.39, 0.29) is 11.8 Å². The Balaban J connectivity index is 1.62. The molecule has 150 valence electrons. The van der Waals surface area contributed by atoms with E-state index in [2.05, 4.69) is 15.5 Å². The minimum Gasteiger partial charge on any atom is -0.497 e. The zero-order valence-corrected chi connectivity index (χ0v) is 16.3. The second-order valence-corrected chi connectivity index (χ2v) is 6.33. The number of ether oxygens (including phenoxy) is 2. The number of hydrogen-bond acceptors (Lipinski definition) is 7. The lowest BCUT2D eigenvalue weighted by Crippen LogP contribution is -2.18. The lowest BCUT2D eigenvalue weighted by molar-refractivity contribution is -0.119. The van der Waals surface area contributed by atoms with E-state index in [0.717, 1.165) is 16.9 Å². The van der Waals surface area contributed by atoms with Gasteiger partial charge in [0.25, 0.3) is 5.89 Å². The second-order valence-electron chi connectivity index (χ2n) is 6.33. The highest BCUT2D eigenvalue weighted by atomic mass is 16.6. The summed E-state index contributed by atoms with van der Waals surface area (Å²) >= 11 is 0. The predicted octanol–water partition coefficient (Wildman–Crippen LogP) is 3.30. The molecule has 0 aliphatic rings. The minimum atomic E-state index is -0.707. The zero-order valence-electron chi connectivity index (χ0n) is 16.3. The molecule has 0 aliphatic carbocycles. The van der Waals surface area contributed by atoms with Crippen molar-refractivity contribution in [2.24, 2.45) is 0 Å². The first-order valence-electron chi connectivity index (χ1n) is 8.98. The quantitative estimate of drug-likeness (QED) is 0.612. The van der Waals surface area contributed by atoms with Crippen LogP contribution in [0.25, 0.3) is 11.5 Å². The summed E-state index contributed by atoms with van der Waals surface area (Å²) in [6.45, 7) is 3.51. The molecule has 1 aromatic heterocycles. The Morgan fingerprint density at radius 1 is 1.07 bits per heavy atom. The second kappa shape index (κ2) is 9.01. The number of nitrogens with zero attached hydrogens (tertiary/aromatic N) is 2. The van der Waals surface area contributed by atoms with E-state index in [1.54, 1.807) is 62.6 Å². The Morgan fingerprint density at radius 3 is 2.38 bits per heavy atom. The van der Waals surface area contributed by atoms with Crippen molar-refractivity contribution in [1.82, 2.24) is 15.5 Å². The van der Waals surface area contributed by atoms with E-state index >= 15 is 0 Å². The van der Waals surface area contributed by atoms with E-state index in [4.69, 9.17) is 13.9 Å². The first-order valence-corrected chi connectivity index (χ1v) is 8.98. The summed E-state index contributed by atoms with van der Waals surface area (Å²) in [5.41, 5.74) is 2.00. The number of nitrogens with one attached hydrogen (secondary N) is 1. The number of benzene rings is 2. The molecule has 8 heteroatoms. The molecule has 1 amide bonds. The fourth-order valence-corrected chi connectivity index (χ4v) is 2.51. The van der Waals surface area contributed by atoms with Gasteiger partial charge in [0.2, 0.25) is 11.8 Å². The van der Waals surface area contributed by atoms with E-state index in [9.17, 15) is 9.59 Å². The number of hydrogen-bond donors (Lipinski definition) is 1. The van der Waals surface area contributed by atoms with Gasteiger partial charge < -0.3 is 19.2 Å². The molecule has 0 fully saturated rings. The SMILES string of the molecule is COc1ccc(-c2nnc([C@@H](C)OC(=O)c3ccc(CNC(C)=O)cc3)o2)cc1. The summed E-state index contributed by atoms with van der Waals surface area (Å²) in [6, 6.07) is 14.0. The molecule has 2 aromatic carbocycles. The fraction of sp³-hybridized carbons (Fsp3) is 0.238. The first kappa shape index (κ1) is 20.1. The van der Waals surface area contributed by atoms with Gasteiger partial charge in [0.1, 0.15) is 5.75 Å². The molecule has 1 atom stereocenters. The third kappa shape index (κ3) is 5.19. The van der Waals surface area contributed by atoms with Gasteiger partial charge in [-0.15, -0.1) is 10.2 Å². The highest BCUT2D eigenvalue weighted by Gasteiger charge is 2.20. The average molecular weight is 395 g/mol. The smallest absolute Gasteiger partial charge is 0.338 e. The molecule has 0 radical (unpaired) electrons. The Labute approximate surface area is 167 Å². The number of esters is 1. The molecule has 0 unspecified atom stereocenters. The van der Waals surface area contributed by atoms with E-state index < -0.39 is 12.1 Å². The number of methoxy groups -OCH3 is 1. The third-order valence-electron chi connectivity index (χ3n) is 4.14. The van der Waals surface area contributed by atoms with Gasteiger partial charge in [-0.25, -0.2) is 4.79 Å². The van der Waals surface area contributed by atoms with Crippen molar-refractivity contribution < 1.29 is 23.5 Å². The van der Waals surface area contributed by atoms with Crippen molar-refractivity contribution in [2.45, 2.75) is 26.5 Å². The van der Waals surface area contributed by atoms with Gasteiger partial charge in [-0.1, -0.05) is 12.1 Å². The van der Waals surface area contributed by atoms with Crippen LogP contribution in [0.4, 0.5) is 0 Å². The highest BCUT2D eigenvalue weighted by molar-refractivity contribution is 5.89. The number of carbonyl (C=O) groups is 2. The maximum absolute atomic E-state index is 12.4. The number of carbonyl (C=O) groups excluding carboxylic acids is 2. The van der Waals surface area contributed by atoms with Crippen LogP contribution in [0.15, 0.2) is 52.9 Å². The average Bonchev–Trinajstić information content (AvgIpc) is 3.23. The van der Waals surface area contributed by atoms with Crippen LogP contribution in [-0.4, -0.2) is 29.2 Å². The van der Waals surface area contributed by atoms with Gasteiger partial charge in [-0.2, -0.15) is 0 Å². The van der Waals surface area contributed by atoms with E-state index in [1.807, 2.05) is 0 Å². The monoisotopic (exact) mass is 395 g/mol. The predicted molar refractivity (Wildman–Crippen MR) is 104 cm³/mol. The van der Waals surface area contributed by atoms with Crippen molar-refractivity contribution in [1.29, 1.82) is 0 Å². The molecule has 0 saturated heterocycles. The molecule has 8 nitrogen and oxygen atoms in total. The molecular weight excluding hydrogens is 374 g/mol. The van der Waals surface area contributed by atoms with Crippen LogP contribution >= 0.6 is 0 Å². The number of aromatic nitrogens is 2. The molecule has 3 aromatic rings. The van der Waals surface area contributed by atoms with Gasteiger partial charge in [-0.05, 0) is 48.9 Å². The Hall–Kier alpha value is -3.68. The lowest BCUT2D eigenvalue weighted by Gasteiger charge is -2.10. The first-order chi connectivity index (χ1) is 14.0. The maximum atomic E-state index is 12.4. The third-order valence-corrected chi connectivity index (χ3v) is 4.14. The lowest BCUT2D eigenvalue weighted by atomic mass is 10.1.